The zero-order valence-electron chi connectivity index (χ0n) is 11.8. The molecule has 1 N–H and O–H groups in total. The fourth-order valence-corrected chi connectivity index (χ4v) is 2.73. The molecule has 0 amide bonds. The molecule has 1 atom stereocenters. The van der Waals surface area contributed by atoms with E-state index in [-0.39, 0.29) is 11.6 Å². The van der Waals surface area contributed by atoms with Gasteiger partial charge in [-0.3, -0.25) is 0 Å². The average molecular weight is 247 g/mol. The second-order valence-electron chi connectivity index (χ2n) is 5.82. The quantitative estimate of drug-likeness (QED) is 0.860. The average Bonchev–Trinajstić information content (AvgIpc) is 2.36. The van der Waals surface area contributed by atoms with Crippen LogP contribution in [0.4, 0.5) is 0 Å². The van der Waals surface area contributed by atoms with Gasteiger partial charge in [0.25, 0.3) is 0 Å². The van der Waals surface area contributed by atoms with Gasteiger partial charge < -0.3 is 10.1 Å². The molecule has 18 heavy (non-hydrogen) atoms. The Morgan fingerprint density at radius 3 is 2.89 bits per heavy atom. The third-order valence-corrected chi connectivity index (χ3v) is 3.73. The van der Waals surface area contributed by atoms with Gasteiger partial charge in [0.1, 0.15) is 0 Å². The molecule has 0 radical (unpaired) electrons. The maximum atomic E-state index is 5.92. The van der Waals surface area contributed by atoms with E-state index in [1.165, 1.54) is 24.0 Å². The zero-order chi connectivity index (χ0) is 13.0. The van der Waals surface area contributed by atoms with E-state index < -0.39 is 0 Å². The van der Waals surface area contributed by atoms with Crippen molar-refractivity contribution in [3.8, 4) is 0 Å². The molecule has 2 heteroatoms. The Bertz CT molecular complexity index is 386. The molecule has 1 aromatic carbocycles. The molecule has 0 bridgehead atoms. The highest BCUT2D eigenvalue weighted by atomic mass is 16.5. The van der Waals surface area contributed by atoms with Gasteiger partial charge in [0.2, 0.25) is 0 Å². The van der Waals surface area contributed by atoms with Gasteiger partial charge in [-0.05, 0) is 37.8 Å². The third kappa shape index (κ3) is 3.33. The van der Waals surface area contributed by atoms with Crippen LogP contribution in [0.5, 0.6) is 0 Å². The number of rotatable bonds is 5. The molecule has 0 fully saturated rings. The van der Waals surface area contributed by atoms with E-state index in [0.29, 0.717) is 0 Å². The number of ether oxygens (including phenoxy) is 1. The smallest absolute Gasteiger partial charge is 0.0952 e. The molecule has 100 valence electrons. The van der Waals surface area contributed by atoms with Crippen LogP contribution in [-0.4, -0.2) is 18.7 Å². The summed E-state index contributed by atoms with van der Waals surface area (Å²) >= 11 is 0. The summed E-state index contributed by atoms with van der Waals surface area (Å²) in [6, 6.07) is 8.66. The molecule has 1 aromatic rings. The van der Waals surface area contributed by atoms with Crippen LogP contribution in [0.15, 0.2) is 24.3 Å². The first-order valence-electron chi connectivity index (χ1n) is 7.07. The van der Waals surface area contributed by atoms with Crippen LogP contribution in [0.25, 0.3) is 0 Å². The molecular weight excluding hydrogens is 222 g/mol. The van der Waals surface area contributed by atoms with Crippen LogP contribution in [0.1, 0.15) is 50.8 Å². The van der Waals surface area contributed by atoms with Gasteiger partial charge in [0.15, 0.2) is 0 Å². The Morgan fingerprint density at radius 1 is 1.33 bits per heavy atom. The van der Waals surface area contributed by atoms with Crippen molar-refractivity contribution in [2.45, 2.75) is 51.7 Å². The van der Waals surface area contributed by atoms with Crippen molar-refractivity contribution in [2.24, 2.45) is 0 Å². The third-order valence-electron chi connectivity index (χ3n) is 3.73. The van der Waals surface area contributed by atoms with Crippen molar-refractivity contribution in [3.05, 3.63) is 35.4 Å². The predicted molar refractivity (Wildman–Crippen MR) is 75.8 cm³/mol. The lowest BCUT2D eigenvalue weighted by Crippen LogP contribution is -2.42. The molecule has 0 aromatic heterocycles. The molecule has 0 saturated carbocycles. The number of nitrogens with one attached hydrogen (secondary N) is 1. The van der Waals surface area contributed by atoms with E-state index in [1.807, 2.05) is 0 Å². The summed E-state index contributed by atoms with van der Waals surface area (Å²) in [4.78, 5) is 0. The molecule has 2 rings (SSSR count). The van der Waals surface area contributed by atoms with Crippen LogP contribution >= 0.6 is 0 Å². The van der Waals surface area contributed by atoms with E-state index >= 15 is 0 Å². The molecule has 1 aliphatic heterocycles. The summed E-state index contributed by atoms with van der Waals surface area (Å²) in [7, 11) is 0. The molecule has 0 spiro atoms. The molecule has 1 unspecified atom stereocenters. The van der Waals surface area contributed by atoms with Gasteiger partial charge in [-0.25, -0.2) is 0 Å². The topological polar surface area (TPSA) is 21.3 Å². The van der Waals surface area contributed by atoms with E-state index in [2.05, 4.69) is 50.4 Å². The molecule has 0 aliphatic carbocycles. The Balaban J connectivity index is 1.99. The Hall–Kier alpha value is -0.860. The first-order chi connectivity index (χ1) is 8.62. The van der Waals surface area contributed by atoms with Crippen molar-refractivity contribution >= 4 is 0 Å². The fraction of sp³-hybridized carbons (Fsp3) is 0.625. The van der Waals surface area contributed by atoms with Crippen LogP contribution in [-0.2, 0) is 11.2 Å². The Kier molecular flexibility index (Phi) is 4.41. The predicted octanol–water partition coefficient (Wildman–Crippen LogP) is 3.47. The maximum Gasteiger partial charge on any atom is 0.0952 e. The SMILES string of the molecule is CCCC(C)(C)NCC1OCCc2ccccc21. The highest BCUT2D eigenvalue weighted by molar-refractivity contribution is 5.31. The maximum absolute atomic E-state index is 5.92. The lowest BCUT2D eigenvalue weighted by molar-refractivity contribution is 0.0374. The minimum atomic E-state index is 0.199. The van der Waals surface area contributed by atoms with E-state index in [4.69, 9.17) is 4.74 Å². The zero-order valence-corrected chi connectivity index (χ0v) is 11.8. The van der Waals surface area contributed by atoms with E-state index in [1.54, 1.807) is 0 Å². The first-order valence-corrected chi connectivity index (χ1v) is 7.07. The normalized spacial score (nSPS) is 19.6. The van der Waals surface area contributed by atoms with Crippen molar-refractivity contribution in [3.63, 3.8) is 0 Å². The monoisotopic (exact) mass is 247 g/mol. The van der Waals surface area contributed by atoms with Crippen molar-refractivity contribution < 1.29 is 4.74 Å². The molecule has 2 nitrogen and oxygen atoms in total. The lowest BCUT2D eigenvalue weighted by atomic mass is 9.95. The van der Waals surface area contributed by atoms with Crippen LogP contribution in [0.2, 0.25) is 0 Å². The number of hydrogen-bond acceptors (Lipinski definition) is 2. The van der Waals surface area contributed by atoms with Crippen molar-refractivity contribution in [1.29, 1.82) is 0 Å². The van der Waals surface area contributed by atoms with Gasteiger partial charge >= 0.3 is 0 Å². The van der Waals surface area contributed by atoms with Gasteiger partial charge in [-0.1, -0.05) is 37.6 Å². The molecular formula is C16H25NO. The van der Waals surface area contributed by atoms with Crippen molar-refractivity contribution in [2.75, 3.05) is 13.2 Å². The van der Waals surface area contributed by atoms with Crippen LogP contribution in [0.3, 0.4) is 0 Å². The largest absolute Gasteiger partial charge is 0.372 e. The summed E-state index contributed by atoms with van der Waals surface area (Å²) in [5.74, 6) is 0. The second kappa shape index (κ2) is 5.85. The van der Waals surface area contributed by atoms with Gasteiger partial charge in [-0.15, -0.1) is 0 Å². The standard InChI is InChI=1S/C16H25NO/c1-4-10-16(2,3)17-12-15-14-8-6-5-7-13(14)9-11-18-15/h5-8,15,17H,4,9-12H2,1-3H3. The van der Waals surface area contributed by atoms with Gasteiger partial charge in [0, 0.05) is 12.1 Å². The van der Waals surface area contributed by atoms with Crippen LogP contribution in [0, 0.1) is 0 Å². The van der Waals surface area contributed by atoms with Gasteiger partial charge in [0.05, 0.1) is 12.7 Å². The highest BCUT2D eigenvalue weighted by Gasteiger charge is 2.23. The highest BCUT2D eigenvalue weighted by Crippen LogP contribution is 2.27. The Morgan fingerprint density at radius 2 is 2.11 bits per heavy atom. The van der Waals surface area contributed by atoms with Gasteiger partial charge in [-0.2, -0.15) is 0 Å². The summed E-state index contributed by atoms with van der Waals surface area (Å²) in [6.07, 6.45) is 3.67. The number of hydrogen-bond donors (Lipinski definition) is 1. The number of fused-ring (bicyclic) bond motifs is 1. The summed E-state index contributed by atoms with van der Waals surface area (Å²) in [5.41, 5.74) is 3.01. The molecule has 1 heterocycles. The molecule has 1 aliphatic rings. The lowest BCUT2D eigenvalue weighted by Gasteiger charge is -2.31. The summed E-state index contributed by atoms with van der Waals surface area (Å²) in [5, 5.41) is 3.65. The summed E-state index contributed by atoms with van der Waals surface area (Å²) < 4.78 is 5.92. The number of benzene rings is 1. The summed E-state index contributed by atoms with van der Waals surface area (Å²) in [6.45, 7) is 8.52. The van der Waals surface area contributed by atoms with Crippen molar-refractivity contribution in [1.82, 2.24) is 5.32 Å². The van der Waals surface area contributed by atoms with E-state index in [9.17, 15) is 0 Å². The molecule has 0 saturated heterocycles. The van der Waals surface area contributed by atoms with Crippen LogP contribution < -0.4 is 5.32 Å². The Labute approximate surface area is 111 Å². The minimum Gasteiger partial charge on any atom is -0.372 e. The fourth-order valence-electron chi connectivity index (χ4n) is 2.73. The van der Waals surface area contributed by atoms with E-state index in [0.717, 1.165) is 19.6 Å². The minimum absolute atomic E-state index is 0.199. The first kappa shape index (κ1) is 13.6. The second-order valence-corrected chi connectivity index (χ2v) is 5.82.